The van der Waals surface area contributed by atoms with Crippen molar-refractivity contribution in [3.8, 4) is 5.75 Å². The fourth-order valence-electron chi connectivity index (χ4n) is 4.41. The fourth-order valence-corrected chi connectivity index (χ4v) is 4.41. The van der Waals surface area contributed by atoms with E-state index in [2.05, 4.69) is 24.4 Å². The van der Waals surface area contributed by atoms with Crippen molar-refractivity contribution in [2.75, 3.05) is 6.54 Å². The van der Waals surface area contributed by atoms with Gasteiger partial charge < -0.3 is 10.4 Å². The quantitative estimate of drug-likeness (QED) is 0.822. The van der Waals surface area contributed by atoms with E-state index >= 15 is 0 Å². The smallest absolute Gasteiger partial charge is 0.132 e. The SMILES string of the molecule is CC1[NH2+]CCC2(CCC(=O)CC2)C1c1ccc(O)cc1. The first-order valence-electron chi connectivity index (χ1n) is 7.75. The zero-order valence-electron chi connectivity index (χ0n) is 12.1. The molecular formula is C17H24NO2+. The van der Waals surface area contributed by atoms with Gasteiger partial charge in [0.2, 0.25) is 0 Å². The van der Waals surface area contributed by atoms with E-state index in [1.54, 1.807) is 12.1 Å². The Morgan fingerprint density at radius 2 is 1.80 bits per heavy atom. The van der Waals surface area contributed by atoms with Crippen LogP contribution in [0.15, 0.2) is 24.3 Å². The normalized spacial score (nSPS) is 29.6. The zero-order chi connectivity index (χ0) is 14.2. The van der Waals surface area contributed by atoms with Crippen molar-refractivity contribution in [3.63, 3.8) is 0 Å². The summed E-state index contributed by atoms with van der Waals surface area (Å²) in [5.41, 5.74) is 1.61. The molecule has 2 atom stereocenters. The molecule has 2 aliphatic rings. The number of phenolic OH excluding ortho intramolecular Hbond substituents is 1. The summed E-state index contributed by atoms with van der Waals surface area (Å²) < 4.78 is 0. The average Bonchev–Trinajstić information content (AvgIpc) is 2.44. The first kappa shape index (κ1) is 13.6. The topological polar surface area (TPSA) is 53.9 Å². The minimum atomic E-state index is 0.291. The van der Waals surface area contributed by atoms with Crippen LogP contribution in [0.2, 0.25) is 0 Å². The predicted molar refractivity (Wildman–Crippen MR) is 77.6 cm³/mol. The van der Waals surface area contributed by atoms with Crippen LogP contribution in [0, 0.1) is 5.41 Å². The molecular weight excluding hydrogens is 250 g/mol. The summed E-state index contributed by atoms with van der Waals surface area (Å²) in [5, 5.41) is 11.9. The van der Waals surface area contributed by atoms with E-state index in [0.717, 1.165) is 25.7 Å². The van der Waals surface area contributed by atoms with Gasteiger partial charge in [0, 0.05) is 25.2 Å². The number of nitrogens with two attached hydrogens (primary N) is 1. The van der Waals surface area contributed by atoms with Gasteiger partial charge in [0.15, 0.2) is 0 Å². The molecule has 1 saturated carbocycles. The van der Waals surface area contributed by atoms with Crippen LogP contribution in [0.4, 0.5) is 0 Å². The number of carbonyl (C=O) groups excluding carboxylic acids is 1. The molecule has 1 spiro atoms. The lowest BCUT2D eigenvalue weighted by Crippen LogP contribution is -2.93. The lowest BCUT2D eigenvalue weighted by Gasteiger charge is -2.48. The molecule has 3 heteroatoms. The second-order valence-electron chi connectivity index (χ2n) is 6.60. The van der Waals surface area contributed by atoms with Crippen LogP contribution in [-0.4, -0.2) is 23.5 Å². The van der Waals surface area contributed by atoms with Gasteiger partial charge in [0.1, 0.15) is 11.5 Å². The van der Waals surface area contributed by atoms with Crippen molar-refractivity contribution in [3.05, 3.63) is 29.8 Å². The Morgan fingerprint density at radius 3 is 2.45 bits per heavy atom. The van der Waals surface area contributed by atoms with Gasteiger partial charge in [-0.15, -0.1) is 0 Å². The molecule has 1 aromatic rings. The number of hydrogen-bond acceptors (Lipinski definition) is 2. The molecule has 3 rings (SSSR count). The number of rotatable bonds is 1. The summed E-state index contributed by atoms with van der Waals surface area (Å²) in [7, 11) is 0. The Bertz CT molecular complexity index is 484. The maximum atomic E-state index is 11.6. The third kappa shape index (κ3) is 2.35. The largest absolute Gasteiger partial charge is 0.508 e. The Morgan fingerprint density at radius 1 is 1.15 bits per heavy atom. The van der Waals surface area contributed by atoms with Gasteiger partial charge in [-0.3, -0.25) is 4.79 Å². The third-order valence-corrected chi connectivity index (χ3v) is 5.42. The second kappa shape index (κ2) is 5.21. The molecule has 0 amide bonds. The van der Waals surface area contributed by atoms with Crippen LogP contribution >= 0.6 is 0 Å². The number of phenols is 1. The summed E-state index contributed by atoms with van der Waals surface area (Å²) in [5.74, 6) is 1.25. The number of benzene rings is 1. The van der Waals surface area contributed by atoms with Crippen molar-refractivity contribution < 1.29 is 15.2 Å². The lowest BCUT2D eigenvalue weighted by atomic mass is 9.58. The summed E-state index contributed by atoms with van der Waals surface area (Å²) in [6.45, 7) is 3.47. The third-order valence-electron chi connectivity index (χ3n) is 5.42. The molecule has 1 saturated heterocycles. The van der Waals surface area contributed by atoms with Crippen molar-refractivity contribution >= 4 is 5.78 Å². The summed E-state index contributed by atoms with van der Waals surface area (Å²) in [6, 6.07) is 8.25. The number of piperidine rings is 1. The maximum absolute atomic E-state index is 11.6. The summed E-state index contributed by atoms with van der Waals surface area (Å²) in [4.78, 5) is 11.6. The van der Waals surface area contributed by atoms with E-state index in [0.29, 0.717) is 28.9 Å². The molecule has 1 aliphatic carbocycles. The Hall–Kier alpha value is -1.35. The fraction of sp³-hybridized carbons (Fsp3) is 0.588. The number of Topliss-reactive ketones (excluding diaryl/α,β-unsaturated/α-hetero) is 1. The molecule has 1 aliphatic heterocycles. The highest BCUT2D eigenvalue weighted by molar-refractivity contribution is 5.79. The van der Waals surface area contributed by atoms with Crippen molar-refractivity contribution in [2.45, 2.75) is 51.0 Å². The molecule has 2 unspecified atom stereocenters. The van der Waals surface area contributed by atoms with Gasteiger partial charge in [0.25, 0.3) is 0 Å². The summed E-state index contributed by atoms with van der Waals surface area (Å²) in [6.07, 6.45) is 4.78. The van der Waals surface area contributed by atoms with Crippen LogP contribution in [0.3, 0.4) is 0 Å². The molecule has 1 heterocycles. The zero-order valence-corrected chi connectivity index (χ0v) is 12.1. The Labute approximate surface area is 120 Å². The number of aromatic hydroxyl groups is 1. The first-order chi connectivity index (χ1) is 9.61. The van der Waals surface area contributed by atoms with E-state index < -0.39 is 0 Å². The van der Waals surface area contributed by atoms with Crippen molar-refractivity contribution in [1.82, 2.24) is 0 Å². The molecule has 0 bridgehead atoms. The lowest BCUT2D eigenvalue weighted by molar-refractivity contribution is -0.703. The average molecular weight is 274 g/mol. The molecule has 108 valence electrons. The van der Waals surface area contributed by atoms with Gasteiger partial charge in [-0.25, -0.2) is 0 Å². The molecule has 0 aromatic heterocycles. The van der Waals surface area contributed by atoms with Gasteiger partial charge in [-0.1, -0.05) is 12.1 Å². The number of quaternary nitrogens is 1. The van der Waals surface area contributed by atoms with Gasteiger partial charge in [0.05, 0.1) is 12.6 Å². The van der Waals surface area contributed by atoms with Crippen molar-refractivity contribution in [1.29, 1.82) is 0 Å². The second-order valence-corrected chi connectivity index (χ2v) is 6.60. The highest BCUT2D eigenvalue weighted by Crippen LogP contribution is 2.51. The van der Waals surface area contributed by atoms with E-state index in [-0.39, 0.29) is 0 Å². The standard InChI is InChI=1S/C17H23NO2/c1-12-16(13-2-4-14(19)5-3-13)17(10-11-18-12)8-6-15(20)7-9-17/h2-5,12,16,18-19H,6-11H2,1H3/p+1. The molecule has 3 N–H and O–H groups in total. The minimum Gasteiger partial charge on any atom is -0.508 e. The molecule has 3 nitrogen and oxygen atoms in total. The summed E-state index contributed by atoms with van der Waals surface area (Å²) >= 11 is 0. The Balaban J connectivity index is 1.94. The predicted octanol–water partition coefficient (Wildman–Crippen LogP) is 1.96. The van der Waals surface area contributed by atoms with Crippen LogP contribution in [0.1, 0.15) is 50.5 Å². The van der Waals surface area contributed by atoms with E-state index in [4.69, 9.17) is 0 Å². The highest BCUT2D eigenvalue weighted by Gasteiger charge is 2.48. The highest BCUT2D eigenvalue weighted by atomic mass is 16.3. The monoisotopic (exact) mass is 274 g/mol. The van der Waals surface area contributed by atoms with E-state index in [1.165, 1.54) is 18.5 Å². The van der Waals surface area contributed by atoms with Gasteiger partial charge in [-0.2, -0.15) is 0 Å². The van der Waals surface area contributed by atoms with Gasteiger partial charge in [-0.05, 0) is 42.9 Å². The van der Waals surface area contributed by atoms with Crippen LogP contribution in [-0.2, 0) is 4.79 Å². The van der Waals surface area contributed by atoms with Crippen LogP contribution in [0.5, 0.6) is 5.75 Å². The van der Waals surface area contributed by atoms with Crippen LogP contribution in [0.25, 0.3) is 0 Å². The molecule has 1 aromatic carbocycles. The Kier molecular flexibility index (Phi) is 3.55. The van der Waals surface area contributed by atoms with Gasteiger partial charge >= 0.3 is 0 Å². The number of carbonyl (C=O) groups is 1. The molecule has 2 fully saturated rings. The molecule has 0 radical (unpaired) electrons. The maximum Gasteiger partial charge on any atom is 0.132 e. The number of ketones is 1. The number of hydrogen-bond donors (Lipinski definition) is 2. The van der Waals surface area contributed by atoms with Crippen LogP contribution < -0.4 is 5.32 Å². The first-order valence-corrected chi connectivity index (χ1v) is 7.75. The van der Waals surface area contributed by atoms with E-state index in [9.17, 15) is 9.90 Å². The molecule has 20 heavy (non-hydrogen) atoms. The van der Waals surface area contributed by atoms with Crippen molar-refractivity contribution in [2.24, 2.45) is 5.41 Å². The minimum absolute atomic E-state index is 0.291. The van der Waals surface area contributed by atoms with E-state index in [1.807, 2.05) is 0 Å².